The summed E-state index contributed by atoms with van der Waals surface area (Å²) >= 11 is 0. The van der Waals surface area contributed by atoms with Crippen molar-refractivity contribution in [3.63, 3.8) is 0 Å². The van der Waals surface area contributed by atoms with Crippen LogP contribution in [-0.2, 0) is 9.84 Å². The number of piperidine rings is 1. The van der Waals surface area contributed by atoms with Gasteiger partial charge in [0.2, 0.25) is 0 Å². The van der Waals surface area contributed by atoms with E-state index < -0.39 is 9.84 Å². The van der Waals surface area contributed by atoms with Gasteiger partial charge in [-0.15, -0.1) is 0 Å². The van der Waals surface area contributed by atoms with Crippen LogP contribution in [-0.4, -0.2) is 57.5 Å². The molecule has 0 bridgehead atoms. The Labute approximate surface area is 93.0 Å². The van der Waals surface area contributed by atoms with Crippen LogP contribution in [0.15, 0.2) is 0 Å². The molecule has 1 aliphatic heterocycles. The molecule has 0 aliphatic carbocycles. The fourth-order valence-electron chi connectivity index (χ4n) is 2.05. The lowest BCUT2D eigenvalue weighted by Crippen LogP contribution is -2.44. The number of sulfone groups is 1. The lowest BCUT2D eigenvalue weighted by Gasteiger charge is -2.33. The molecule has 0 spiro atoms. The van der Waals surface area contributed by atoms with Crippen molar-refractivity contribution in [2.75, 3.05) is 38.2 Å². The highest BCUT2D eigenvalue weighted by molar-refractivity contribution is 7.90. The fourth-order valence-corrected chi connectivity index (χ4v) is 2.62. The van der Waals surface area contributed by atoms with Crippen molar-refractivity contribution in [1.29, 1.82) is 0 Å². The molecule has 1 heterocycles. The van der Waals surface area contributed by atoms with Crippen molar-refractivity contribution in [1.82, 2.24) is 10.2 Å². The predicted octanol–water partition coefficient (Wildman–Crippen LogP) is 0.105. The Balaban J connectivity index is 2.40. The minimum Gasteiger partial charge on any atom is -0.317 e. The molecule has 0 saturated carbocycles. The fraction of sp³-hybridized carbons (Fsp3) is 1.00. The summed E-state index contributed by atoms with van der Waals surface area (Å²) in [6.07, 6.45) is 3.58. The van der Waals surface area contributed by atoms with Crippen LogP contribution in [0.5, 0.6) is 0 Å². The summed E-state index contributed by atoms with van der Waals surface area (Å²) in [6.45, 7) is 5.84. The molecule has 1 rings (SSSR count). The largest absolute Gasteiger partial charge is 0.317 e. The van der Waals surface area contributed by atoms with Gasteiger partial charge in [0.15, 0.2) is 0 Å². The van der Waals surface area contributed by atoms with Crippen LogP contribution >= 0.6 is 0 Å². The van der Waals surface area contributed by atoms with E-state index in [0.29, 0.717) is 12.6 Å². The molecule has 15 heavy (non-hydrogen) atoms. The molecular formula is C10H22N2O2S. The van der Waals surface area contributed by atoms with Crippen LogP contribution in [0.1, 0.15) is 19.8 Å². The number of nitrogens with zero attached hydrogens (tertiary/aromatic N) is 1. The number of nitrogens with one attached hydrogen (secondary N) is 1. The number of hydrogen-bond acceptors (Lipinski definition) is 4. The minimum absolute atomic E-state index is 0.283. The van der Waals surface area contributed by atoms with E-state index in [1.54, 1.807) is 0 Å². The summed E-state index contributed by atoms with van der Waals surface area (Å²) < 4.78 is 22.2. The van der Waals surface area contributed by atoms with Crippen molar-refractivity contribution in [3.05, 3.63) is 0 Å². The first-order valence-electron chi connectivity index (χ1n) is 5.65. The molecule has 1 aliphatic rings. The minimum atomic E-state index is -2.83. The molecule has 1 fully saturated rings. The molecule has 1 saturated heterocycles. The molecule has 4 nitrogen and oxygen atoms in total. The highest BCUT2D eigenvalue weighted by Crippen LogP contribution is 2.11. The molecule has 0 amide bonds. The highest BCUT2D eigenvalue weighted by Gasteiger charge is 2.20. The van der Waals surface area contributed by atoms with Gasteiger partial charge in [-0.1, -0.05) is 6.92 Å². The van der Waals surface area contributed by atoms with Crippen LogP contribution in [0.2, 0.25) is 0 Å². The SMILES string of the molecule is CCN(CCS(C)(=O)=O)C1CCNCC1. The first-order valence-corrected chi connectivity index (χ1v) is 7.71. The molecule has 0 aromatic carbocycles. The second-order valence-electron chi connectivity index (χ2n) is 4.24. The Morgan fingerprint density at radius 3 is 2.40 bits per heavy atom. The summed E-state index contributed by atoms with van der Waals surface area (Å²) in [4.78, 5) is 2.29. The normalized spacial score (nSPS) is 19.7. The van der Waals surface area contributed by atoms with E-state index in [2.05, 4.69) is 17.1 Å². The summed E-state index contributed by atoms with van der Waals surface area (Å²) in [5.41, 5.74) is 0. The second-order valence-corrected chi connectivity index (χ2v) is 6.50. The van der Waals surface area contributed by atoms with Crippen molar-refractivity contribution < 1.29 is 8.42 Å². The third-order valence-corrected chi connectivity index (χ3v) is 3.90. The number of rotatable bonds is 5. The highest BCUT2D eigenvalue weighted by atomic mass is 32.2. The summed E-state index contributed by atoms with van der Waals surface area (Å²) in [7, 11) is -2.83. The van der Waals surface area contributed by atoms with Crippen LogP contribution in [0.25, 0.3) is 0 Å². The van der Waals surface area contributed by atoms with Gasteiger partial charge in [-0.2, -0.15) is 0 Å². The zero-order valence-electron chi connectivity index (χ0n) is 9.70. The summed E-state index contributed by atoms with van der Waals surface area (Å²) in [5, 5.41) is 3.32. The van der Waals surface area contributed by atoms with Crippen LogP contribution in [0, 0.1) is 0 Å². The maximum absolute atomic E-state index is 11.1. The van der Waals surface area contributed by atoms with Gasteiger partial charge >= 0.3 is 0 Å². The van der Waals surface area contributed by atoms with Gasteiger partial charge in [-0.25, -0.2) is 8.42 Å². The van der Waals surface area contributed by atoms with Crippen molar-refractivity contribution in [2.24, 2.45) is 0 Å². The molecule has 5 heteroatoms. The van der Waals surface area contributed by atoms with E-state index in [1.165, 1.54) is 6.26 Å². The topological polar surface area (TPSA) is 49.4 Å². The van der Waals surface area contributed by atoms with Crippen LogP contribution < -0.4 is 5.32 Å². The summed E-state index contributed by atoms with van der Waals surface area (Å²) in [5.74, 6) is 0.283. The Morgan fingerprint density at radius 1 is 1.33 bits per heavy atom. The lowest BCUT2D eigenvalue weighted by atomic mass is 10.1. The Kier molecular flexibility index (Phi) is 5.02. The molecule has 0 atom stereocenters. The molecule has 1 N–H and O–H groups in total. The predicted molar refractivity (Wildman–Crippen MR) is 62.8 cm³/mol. The molecular weight excluding hydrogens is 212 g/mol. The van der Waals surface area contributed by atoms with Crippen LogP contribution in [0.4, 0.5) is 0 Å². The molecule has 0 radical (unpaired) electrons. The van der Waals surface area contributed by atoms with Gasteiger partial charge in [0.05, 0.1) is 5.75 Å². The van der Waals surface area contributed by atoms with Gasteiger partial charge in [-0.05, 0) is 32.5 Å². The monoisotopic (exact) mass is 234 g/mol. The second kappa shape index (κ2) is 5.82. The van der Waals surface area contributed by atoms with E-state index in [1.807, 2.05) is 0 Å². The Hall–Kier alpha value is -0.130. The number of hydrogen-bond donors (Lipinski definition) is 1. The average Bonchev–Trinajstić information content (AvgIpc) is 2.19. The van der Waals surface area contributed by atoms with Crippen molar-refractivity contribution in [3.8, 4) is 0 Å². The molecule has 90 valence electrons. The third-order valence-electron chi connectivity index (χ3n) is 2.98. The maximum Gasteiger partial charge on any atom is 0.148 e. The zero-order chi connectivity index (χ0) is 11.3. The van der Waals surface area contributed by atoms with Gasteiger partial charge < -0.3 is 5.32 Å². The van der Waals surface area contributed by atoms with E-state index >= 15 is 0 Å². The summed E-state index contributed by atoms with van der Waals surface area (Å²) in [6, 6.07) is 0.568. The Morgan fingerprint density at radius 2 is 1.93 bits per heavy atom. The van der Waals surface area contributed by atoms with Gasteiger partial charge in [0, 0.05) is 18.8 Å². The molecule has 0 aromatic heterocycles. The van der Waals surface area contributed by atoms with Crippen LogP contribution in [0.3, 0.4) is 0 Å². The first kappa shape index (κ1) is 12.9. The lowest BCUT2D eigenvalue weighted by molar-refractivity contribution is 0.179. The Bertz CT molecular complexity index is 271. The molecule has 0 aromatic rings. The smallest absolute Gasteiger partial charge is 0.148 e. The van der Waals surface area contributed by atoms with E-state index in [4.69, 9.17) is 0 Å². The van der Waals surface area contributed by atoms with Gasteiger partial charge in [0.1, 0.15) is 9.84 Å². The standard InChI is InChI=1S/C10H22N2O2S/c1-3-12(8-9-15(2,13)14)10-4-6-11-7-5-10/h10-11H,3-9H2,1-2H3. The molecule has 0 unspecified atom stereocenters. The van der Waals surface area contributed by atoms with E-state index in [-0.39, 0.29) is 5.75 Å². The quantitative estimate of drug-likeness (QED) is 0.733. The van der Waals surface area contributed by atoms with E-state index in [0.717, 1.165) is 32.5 Å². The van der Waals surface area contributed by atoms with Gasteiger partial charge in [-0.3, -0.25) is 4.90 Å². The van der Waals surface area contributed by atoms with Crippen molar-refractivity contribution >= 4 is 9.84 Å². The zero-order valence-corrected chi connectivity index (χ0v) is 10.5. The average molecular weight is 234 g/mol. The van der Waals surface area contributed by atoms with Crippen molar-refractivity contribution in [2.45, 2.75) is 25.8 Å². The maximum atomic E-state index is 11.1. The van der Waals surface area contributed by atoms with E-state index in [9.17, 15) is 8.42 Å². The van der Waals surface area contributed by atoms with Gasteiger partial charge in [0.25, 0.3) is 0 Å². The first-order chi connectivity index (χ1) is 7.03. The third kappa shape index (κ3) is 4.95.